The number of hydrogen-bond donors (Lipinski definition) is 0. The molecule has 0 spiro atoms. The quantitative estimate of drug-likeness (QED) is 0.823. The van der Waals surface area contributed by atoms with Gasteiger partial charge in [0.1, 0.15) is 0 Å². The van der Waals surface area contributed by atoms with Gasteiger partial charge in [-0.05, 0) is 24.5 Å². The lowest BCUT2D eigenvalue weighted by atomic mass is 9.84. The highest BCUT2D eigenvalue weighted by Crippen LogP contribution is 2.29. The zero-order valence-electron chi connectivity index (χ0n) is 11.7. The van der Waals surface area contributed by atoms with Crippen LogP contribution in [-0.2, 0) is 6.54 Å². The first-order chi connectivity index (χ1) is 9.85. The van der Waals surface area contributed by atoms with Crippen molar-refractivity contribution >= 4 is 0 Å². The topological polar surface area (TPSA) is 63.7 Å². The molecule has 2 atom stereocenters. The van der Waals surface area contributed by atoms with Gasteiger partial charge in [0.05, 0.1) is 18.1 Å². The molecule has 1 aromatic heterocycles. The van der Waals surface area contributed by atoms with Crippen molar-refractivity contribution in [2.45, 2.75) is 44.7 Å². The molecule has 20 heavy (non-hydrogen) atoms. The second kappa shape index (κ2) is 7.62. The molecule has 0 aromatic carbocycles. The highest BCUT2D eigenvalue weighted by Gasteiger charge is 2.29. The van der Waals surface area contributed by atoms with E-state index in [4.69, 9.17) is 5.26 Å². The van der Waals surface area contributed by atoms with Gasteiger partial charge in [-0.15, -0.1) is 0 Å². The molecule has 1 fully saturated rings. The van der Waals surface area contributed by atoms with Crippen LogP contribution in [0.4, 0.5) is 0 Å². The van der Waals surface area contributed by atoms with E-state index in [0.717, 1.165) is 37.9 Å². The molecule has 1 heterocycles. The summed E-state index contributed by atoms with van der Waals surface area (Å²) in [5.74, 6) is 0.0964. The molecule has 1 saturated carbocycles. The van der Waals surface area contributed by atoms with Crippen molar-refractivity contribution in [1.82, 2.24) is 9.88 Å². The maximum absolute atomic E-state index is 9.35. The first kappa shape index (κ1) is 14.5. The fraction of sp³-hybridized carbons (Fsp3) is 0.562. The van der Waals surface area contributed by atoms with Gasteiger partial charge in [-0.25, -0.2) is 0 Å². The molecule has 0 N–H and O–H groups in total. The Morgan fingerprint density at radius 2 is 2.15 bits per heavy atom. The molecular weight excluding hydrogens is 248 g/mol. The summed E-state index contributed by atoms with van der Waals surface area (Å²) in [7, 11) is 0. The van der Waals surface area contributed by atoms with Crippen LogP contribution >= 0.6 is 0 Å². The molecule has 4 heteroatoms. The molecule has 1 aliphatic carbocycles. The molecule has 2 rings (SSSR count). The van der Waals surface area contributed by atoms with Crippen molar-refractivity contribution in [3.05, 3.63) is 30.1 Å². The number of aromatic nitrogens is 1. The van der Waals surface area contributed by atoms with E-state index in [0.29, 0.717) is 6.42 Å². The molecule has 1 aromatic rings. The Bertz CT molecular complexity index is 485. The molecule has 0 amide bonds. The molecule has 0 saturated heterocycles. The smallest absolute Gasteiger partial charge is 0.0672 e. The van der Waals surface area contributed by atoms with Gasteiger partial charge in [-0.2, -0.15) is 10.5 Å². The van der Waals surface area contributed by atoms with Crippen molar-refractivity contribution < 1.29 is 0 Å². The third-order valence-corrected chi connectivity index (χ3v) is 3.98. The molecule has 0 aliphatic heterocycles. The Labute approximate surface area is 120 Å². The van der Waals surface area contributed by atoms with Crippen molar-refractivity contribution in [1.29, 1.82) is 10.5 Å². The van der Waals surface area contributed by atoms with Crippen LogP contribution in [0.15, 0.2) is 24.5 Å². The average Bonchev–Trinajstić information content (AvgIpc) is 2.52. The second-order valence-corrected chi connectivity index (χ2v) is 5.33. The van der Waals surface area contributed by atoms with Crippen LogP contribution in [0.3, 0.4) is 0 Å². The number of nitriles is 2. The van der Waals surface area contributed by atoms with Crippen LogP contribution in [0.1, 0.15) is 37.7 Å². The van der Waals surface area contributed by atoms with Gasteiger partial charge in [-0.1, -0.05) is 18.9 Å². The minimum atomic E-state index is 0.0964. The van der Waals surface area contributed by atoms with E-state index in [2.05, 4.69) is 28.1 Å². The van der Waals surface area contributed by atoms with Gasteiger partial charge in [0.25, 0.3) is 0 Å². The zero-order chi connectivity index (χ0) is 14.2. The van der Waals surface area contributed by atoms with E-state index >= 15 is 0 Å². The lowest BCUT2D eigenvalue weighted by Gasteiger charge is -2.36. The Kier molecular flexibility index (Phi) is 5.53. The molecule has 2 unspecified atom stereocenters. The van der Waals surface area contributed by atoms with Crippen LogP contribution in [0.5, 0.6) is 0 Å². The van der Waals surface area contributed by atoms with Crippen LogP contribution in [0, 0.1) is 28.6 Å². The van der Waals surface area contributed by atoms with E-state index in [1.807, 2.05) is 12.3 Å². The summed E-state index contributed by atoms with van der Waals surface area (Å²) in [6.45, 7) is 1.51. The van der Waals surface area contributed by atoms with Gasteiger partial charge in [0.15, 0.2) is 0 Å². The summed E-state index contributed by atoms with van der Waals surface area (Å²) in [5.41, 5.74) is 1.15. The van der Waals surface area contributed by atoms with Gasteiger partial charge in [0, 0.05) is 37.9 Å². The number of nitrogens with zero attached hydrogens (tertiary/aromatic N) is 4. The van der Waals surface area contributed by atoms with Crippen LogP contribution in [0.25, 0.3) is 0 Å². The molecule has 0 radical (unpaired) electrons. The standard InChI is InChI=1S/C16H20N4/c17-8-4-10-20(13-14-5-3-9-19-12-14)16-7-2-1-6-15(16)11-18/h3,5,9,12,15-16H,1-2,4,6-7,10,13H2. The Morgan fingerprint density at radius 1 is 1.30 bits per heavy atom. The monoisotopic (exact) mass is 268 g/mol. The Morgan fingerprint density at radius 3 is 2.85 bits per heavy atom. The third-order valence-electron chi connectivity index (χ3n) is 3.98. The number of pyridine rings is 1. The lowest BCUT2D eigenvalue weighted by molar-refractivity contribution is 0.122. The first-order valence-corrected chi connectivity index (χ1v) is 7.24. The van der Waals surface area contributed by atoms with Crippen molar-refractivity contribution in [2.24, 2.45) is 5.92 Å². The number of hydrogen-bond acceptors (Lipinski definition) is 4. The zero-order valence-corrected chi connectivity index (χ0v) is 11.7. The fourth-order valence-electron chi connectivity index (χ4n) is 2.98. The fourth-order valence-corrected chi connectivity index (χ4v) is 2.98. The van der Waals surface area contributed by atoms with Crippen molar-refractivity contribution in [2.75, 3.05) is 6.54 Å². The summed E-state index contributed by atoms with van der Waals surface area (Å²) in [6.07, 6.45) is 8.51. The highest BCUT2D eigenvalue weighted by molar-refractivity contribution is 5.09. The minimum absolute atomic E-state index is 0.0964. The molecule has 0 bridgehead atoms. The molecule has 4 nitrogen and oxygen atoms in total. The van der Waals surface area contributed by atoms with Crippen LogP contribution in [0.2, 0.25) is 0 Å². The maximum atomic E-state index is 9.35. The summed E-state index contributed by atoms with van der Waals surface area (Å²) in [4.78, 5) is 6.44. The largest absolute Gasteiger partial charge is 0.294 e. The normalized spacial score (nSPS) is 22.1. The SMILES string of the molecule is N#CCCN(Cc1cccnc1)C1CCCCC1C#N. The summed E-state index contributed by atoms with van der Waals surface area (Å²) >= 11 is 0. The van der Waals surface area contributed by atoms with Crippen LogP contribution < -0.4 is 0 Å². The molecule has 104 valence electrons. The predicted molar refractivity (Wildman–Crippen MR) is 76.2 cm³/mol. The summed E-state index contributed by atoms with van der Waals surface area (Å²) in [6, 6.07) is 8.94. The van der Waals surface area contributed by atoms with Crippen molar-refractivity contribution in [3.8, 4) is 12.1 Å². The average molecular weight is 268 g/mol. The van der Waals surface area contributed by atoms with Crippen LogP contribution in [-0.4, -0.2) is 22.5 Å². The third kappa shape index (κ3) is 3.79. The van der Waals surface area contributed by atoms with E-state index < -0.39 is 0 Å². The summed E-state index contributed by atoms with van der Waals surface area (Å²) < 4.78 is 0. The van der Waals surface area contributed by atoms with E-state index in [1.54, 1.807) is 6.20 Å². The number of rotatable bonds is 5. The van der Waals surface area contributed by atoms with Gasteiger partial charge >= 0.3 is 0 Å². The highest BCUT2D eigenvalue weighted by atomic mass is 15.2. The van der Waals surface area contributed by atoms with Crippen molar-refractivity contribution in [3.63, 3.8) is 0 Å². The maximum Gasteiger partial charge on any atom is 0.0672 e. The predicted octanol–water partition coefficient (Wildman–Crippen LogP) is 2.88. The Hall–Kier alpha value is -1.91. The molecule has 1 aliphatic rings. The van der Waals surface area contributed by atoms with Gasteiger partial charge < -0.3 is 0 Å². The Balaban J connectivity index is 2.10. The molecular formula is C16H20N4. The lowest BCUT2D eigenvalue weighted by Crippen LogP contribution is -2.42. The van der Waals surface area contributed by atoms with Gasteiger partial charge in [0.2, 0.25) is 0 Å². The second-order valence-electron chi connectivity index (χ2n) is 5.33. The van der Waals surface area contributed by atoms with E-state index in [-0.39, 0.29) is 12.0 Å². The summed E-state index contributed by atoms with van der Waals surface area (Å²) in [5, 5.41) is 18.2. The van der Waals surface area contributed by atoms with E-state index in [9.17, 15) is 5.26 Å². The minimum Gasteiger partial charge on any atom is -0.294 e. The first-order valence-electron chi connectivity index (χ1n) is 7.24. The van der Waals surface area contributed by atoms with Gasteiger partial charge in [-0.3, -0.25) is 9.88 Å². The van der Waals surface area contributed by atoms with E-state index in [1.165, 1.54) is 6.42 Å².